The third-order valence-electron chi connectivity index (χ3n) is 1.80. The van der Waals surface area contributed by atoms with Gasteiger partial charge in [0.25, 0.3) is 0 Å². The average molecular weight is 192 g/mol. The van der Waals surface area contributed by atoms with Crippen LogP contribution in [-0.2, 0) is 4.74 Å². The van der Waals surface area contributed by atoms with Gasteiger partial charge in [0.1, 0.15) is 0 Å². The maximum absolute atomic E-state index is 8.57. The number of aliphatic hydroxyl groups excluding tert-OH is 1. The van der Waals surface area contributed by atoms with Gasteiger partial charge in [0.05, 0.1) is 12.4 Å². The highest BCUT2D eigenvalue weighted by Crippen LogP contribution is 2.06. The van der Waals surface area contributed by atoms with Crippen molar-refractivity contribution in [1.82, 2.24) is 0 Å². The molecule has 0 fully saturated rings. The van der Waals surface area contributed by atoms with E-state index in [4.69, 9.17) is 9.84 Å². The quantitative estimate of drug-likeness (QED) is 0.573. The van der Waals surface area contributed by atoms with Crippen molar-refractivity contribution in [2.45, 2.75) is 13.3 Å². The van der Waals surface area contributed by atoms with Crippen molar-refractivity contribution >= 4 is 6.08 Å². The molecule has 1 rings (SSSR count). The molecule has 1 aromatic carbocycles. The van der Waals surface area contributed by atoms with E-state index in [-0.39, 0.29) is 6.61 Å². The number of rotatable bonds is 5. The summed E-state index contributed by atoms with van der Waals surface area (Å²) < 4.78 is 5.39. The zero-order chi connectivity index (χ0) is 10.2. The van der Waals surface area contributed by atoms with Crippen molar-refractivity contribution in [3.63, 3.8) is 0 Å². The highest BCUT2D eigenvalue weighted by atomic mass is 16.5. The van der Waals surface area contributed by atoms with Crippen LogP contribution in [0.2, 0.25) is 0 Å². The molecule has 0 spiro atoms. The number of allylic oxidation sites excluding steroid dienone is 1. The van der Waals surface area contributed by atoms with Crippen molar-refractivity contribution in [3.8, 4) is 0 Å². The van der Waals surface area contributed by atoms with Crippen molar-refractivity contribution in [2.75, 3.05) is 13.2 Å². The van der Waals surface area contributed by atoms with E-state index < -0.39 is 0 Å². The van der Waals surface area contributed by atoms with Gasteiger partial charge >= 0.3 is 0 Å². The Hall–Kier alpha value is -1.28. The molecule has 0 aliphatic rings. The van der Waals surface area contributed by atoms with Crippen molar-refractivity contribution in [1.29, 1.82) is 0 Å². The molecule has 1 N–H and O–H groups in total. The average Bonchev–Trinajstić information content (AvgIpc) is 2.20. The fraction of sp³-hybridized carbons (Fsp3) is 0.333. The molecular weight excluding hydrogens is 176 g/mol. The molecule has 2 heteroatoms. The number of aliphatic hydroxyl groups is 1. The lowest BCUT2D eigenvalue weighted by molar-refractivity contribution is 0.179. The summed E-state index contributed by atoms with van der Waals surface area (Å²) in [6, 6.07) is 10.0. The molecule has 0 amide bonds. The first kappa shape index (κ1) is 10.8. The van der Waals surface area contributed by atoms with E-state index in [1.54, 1.807) is 0 Å². The van der Waals surface area contributed by atoms with Gasteiger partial charge in [0.2, 0.25) is 0 Å². The fourth-order valence-corrected chi connectivity index (χ4v) is 1.12. The summed E-state index contributed by atoms with van der Waals surface area (Å²) in [5.74, 6) is 0.879. The van der Waals surface area contributed by atoms with Gasteiger partial charge in [0.15, 0.2) is 0 Å². The molecule has 76 valence electrons. The zero-order valence-corrected chi connectivity index (χ0v) is 8.44. The molecule has 2 nitrogen and oxygen atoms in total. The standard InChI is InChI=1S/C12H16O2/c1-11(14-9-5-8-13)10-12-6-3-2-4-7-12/h2-4,6-7,10,13H,5,8-9H2,1H3. The Bertz CT molecular complexity index is 278. The molecule has 0 aliphatic heterocycles. The second-order valence-electron chi connectivity index (χ2n) is 3.09. The molecule has 0 heterocycles. The zero-order valence-electron chi connectivity index (χ0n) is 8.44. The molecule has 1 aromatic rings. The van der Waals surface area contributed by atoms with E-state index in [2.05, 4.69) is 0 Å². The van der Waals surface area contributed by atoms with E-state index in [1.165, 1.54) is 0 Å². The van der Waals surface area contributed by atoms with Crippen molar-refractivity contribution in [3.05, 3.63) is 41.7 Å². The summed E-state index contributed by atoms with van der Waals surface area (Å²) >= 11 is 0. The predicted molar refractivity (Wildman–Crippen MR) is 57.7 cm³/mol. The molecule has 0 atom stereocenters. The van der Waals surface area contributed by atoms with Gasteiger partial charge in [-0.3, -0.25) is 0 Å². The lowest BCUT2D eigenvalue weighted by Gasteiger charge is -2.04. The molecule has 0 saturated carbocycles. The number of ether oxygens (including phenoxy) is 1. The molecule has 0 aromatic heterocycles. The minimum Gasteiger partial charge on any atom is -0.498 e. The van der Waals surface area contributed by atoms with Gasteiger partial charge in [-0.15, -0.1) is 0 Å². The van der Waals surface area contributed by atoms with Crippen LogP contribution in [0.15, 0.2) is 36.1 Å². The van der Waals surface area contributed by atoms with E-state index in [1.807, 2.05) is 43.3 Å². The van der Waals surface area contributed by atoms with Crippen LogP contribution >= 0.6 is 0 Å². The minimum absolute atomic E-state index is 0.179. The van der Waals surface area contributed by atoms with Crippen LogP contribution in [0.3, 0.4) is 0 Å². The largest absolute Gasteiger partial charge is 0.498 e. The van der Waals surface area contributed by atoms with Gasteiger partial charge in [-0.05, 0) is 18.6 Å². The van der Waals surface area contributed by atoms with Crippen molar-refractivity contribution in [2.24, 2.45) is 0 Å². The smallest absolute Gasteiger partial charge is 0.0934 e. The Morgan fingerprint density at radius 3 is 2.71 bits per heavy atom. The van der Waals surface area contributed by atoms with Gasteiger partial charge in [-0.2, -0.15) is 0 Å². The third-order valence-corrected chi connectivity index (χ3v) is 1.80. The molecule has 0 radical (unpaired) electrons. The van der Waals surface area contributed by atoms with Crippen LogP contribution in [0, 0.1) is 0 Å². The Morgan fingerprint density at radius 2 is 2.07 bits per heavy atom. The number of hydrogen-bond acceptors (Lipinski definition) is 2. The van der Waals surface area contributed by atoms with Crippen LogP contribution in [-0.4, -0.2) is 18.3 Å². The van der Waals surface area contributed by atoms with Crippen molar-refractivity contribution < 1.29 is 9.84 Å². The van der Waals surface area contributed by atoms with E-state index in [9.17, 15) is 0 Å². The minimum atomic E-state index is 0.179. The second-order valence-corrected chi connectivity index (χ2v) is 3.09. The summed E-state index contributed by atoms with van der Waals surface area (Å²) in [6.07, 6.45) is 2.66. The van der Waals surface area contributed by atoms with E-state index in [0.717, 1.165) is 11.3 Å². The summed E-state index contributed by atoms with van der Waals surface area (Å²) in [5, 5.41) is 8.57. The molecule has 0 unspecified atom stereocenters. The first-order chi connectivity index (χ1) is 6.83. The Kier molecular flexibility index (Phi) is 4.79. The lowest BCUT2D eigenvalue weighted by atomic mass is 10.2. The summed E-state index contributed by atoms with van der Waals surface area (Å²) in [4.78, 5) is 0. The third kappa shape index (κ3) is 4.10. The fourth-order valence-electron chi connectivity index (χ4n) is 1.12. The Morgan fingerprint density at radius 1 is 1.36 bits per heavy atom. The molecule has 14 heavy (non-hydrogen) atoms. The first-order valence-electron chi connectivity index (χ1n) is 4.80. The Labute approximate surface area is 84.8 Å². The van der Waals surface area contributed by atoms with Gasteiger partial charge in [-0.25, -0.2) is 0 Å². The predicted octanol–water partition coefficient (Wildman–Crippen LogP) is 2.45. The van der Waals surface area contributed by atoms with Gasteiger partial charge in [0, 0.05) is 13.0 Å². The monoisotopic (exact) mass is 192 g/mol. The second kappa shape index (κ2) is 6.22. The highest BCUT2D eigenvalue weighted by molar-refractivity contribution is 5.50. The molecule has 0 aliphatic carbocycles. The van der Waals surface area contributed by atoms with Crippen LogP contribution < -0.4 is 0 Å². The van der Waals surface area contributed by atoms with E-state index in [0.29, 0.717) is 13.0 Å². The summed E-state index contributed by atoms with van der Waals surface area (Å²) in [6.45, 7) is 2.68. The van der Waals surface area contributed by atoms with E-state index >= 15 is 0 Å². The molecular formula is C12H16O2. The van der Waals surface area contributed by atoms with Crippen LogP contribution in [0.5, 0.6) is 0 Å². The van der Waals surface area contributed by atoms with Gasteiger partial charge < -0.3 is 9.84 Å². The first-order valence-corrected chi connectivity index (χ1v) is 4.80. The summed E-state index contributed by atoms with van der Waals surface area (Å²) in [5.41, 5.74) is 1.13. The highest BCUT2D eigenvalue weighted by Gasteiger charge is 1.91. The lowest BCUT2D eigenvalue weighted by Crippen LogP contribution is -1.94. The normalized spacial score (nSPS) is 11.4. The van der Waals surface area contributed by atoms with Crippen LogP contribution in [0.4, 0.5) is 0 Å². The number of benzene rings is 1. The van der Waals surface area contributed by atoms with Crippen LogP contribution in [0.25, 0.3) is 6.08 Å². The maximum atomic E-state index is 8.57. The van der Waals surface area contributed by atoms with Crippen LogP contribution in [0.1, 0.15) is 18.9 Å². The Balaban J connectivity index is 2.43. The molecule has 0 saturated heterocycles. The maximum Gasteiger partial charge on any atom is 0.0934 e. The molecule has 0 bridgehead atoms. The topological polar surface area (TPSA) is 29.5 Å². The number of hydrogen-bond donors (Lipinski definition) is 1. The van der Waals surface area contributed by atoms with Gasteiger partial charge in [-0.1, -0.05) is 30.3 Å². The SMILES string of the molecule is CC(=Cc1ccccc1)OCCCO. The summed E-state index contributed by atoms with van der Waals surface area (Å²) in [7, 11) is 0.